The fourth-order valence-corrected chi connectivity index (χ4v) is 1.30. The summed E-state index contributed by atoms with van der Waals surface area (Å²) in [4.78, 5) is 17.3. The molecule has 0 saturated heterocycles. The molecule has 0 aromatic carbocycles. The second-order valence-electron chi connectivity index (χ2n) is 3.31. The van der Waals surface area contributed by atoms with Crippen LogP contribution < -0.4 is 0 Å². The van der Waals surface area contributed by atoms with Gasteiger partial charge in [0.2, 0.25) is 0 Å². The van der Waals surface area contributed by atoms with Crippen LogP contribution >= 0.6 is 12.4 Å². The van der Waals surface area contributed by atoms with Crippen LogP contribution in [0.2, 0.25) is 0 Å². The van der Waals surface area contributed by atoms with Crippen molar-refractivity contribution in [1.82, 2.24) is 14.3 Å². The lowest BCUT2D eigenvalue weighted by Crippen LogP contribution is -2.21. The third-order valence-corrected chi connectivity index (χ3v) is 2.05. The van der Waals surface area contributed by atoms with Crippen LogP contribution in [0.25, 0.3) is 5.65 Å². The molecular weight excluding hydrogens is 214 g/mol. The molecule has 4 nitrogen and oxygen atoms in total. The summed E-state index contributed by atoms with van der Waals surface area (Å²) in [5, 5.41) is 0. The van der Waals surface area contributed by atoms with Gasteiger partial charge in [0.25, 0.3) is 5.91 Å². The van der Waals surface area contributed by atoms with Gasteiger partial charge < -0.3 is 9.30 Å². The van der Waals surface area contributed by atoms with E-state index in [1.165, 1.54) is 0 Å². The van der Waals surface area contributed by atoms with Crippen LogP contribution in [-0.2, 0) is 0 Å². The smallest absolute Gasteiger partial charge is 0.253 e. The number of fused-ring (bicyclic) bond motifs is 1. The Morgan fingerprint density at radius 2 is 2.13 bits per heavy atom. The van der Waals surface area contributed by atoms with Crippen LogP contribution in [0.5, 0.6) is 0 Å². The van der Waals surface area contributed by atoms with Gasteiger partial charge in [-0.05, 0) is 12.1 Å². The predicted molar refractivity (Wildman–Crippen MR) is 60.5 cm³/mol. The van der Waals surface area contributed by atoms with E-state index in [1.807, 2.05) is 16.8 Å². The van der Waals surface area contributed by atoms with Gasteiger partial charge in [0.1, 0.15) is 5.65 Å². The lowest BCUT2D eigenvalue weighted by molar-refractivity contribution is 0.0827. The quantitative estimate of drug-likeness (QED) is 0.737. The molecule has 0 fully saturated rings. The molecule has 2 aromatic heterocycles. The fraction of sp³-hybridized carbons (Fsp3) is 0.200. The average Bonchev–Trinajstić information content (AvgIpc) is 2.62. The average molecular weight is 226 g/mol. The number of halogens is 1. The highest BCUT2D eigenvalue weighted by atomic mass is 35.5. The number of nitrogens with zero attached hydrogens (tertiary/aromatic N) is 3. The lowest BCUT2D eigenvalue weighted by Gasteiger charge is -2.09. The van der Waals surface area contributed by atoms with E-state index < -0.39 is 0 Å². The Morgan fingerprint density at radius 3 is 2.80 bits per heavy atom. The van der Waals surface area contributed by atoms with Crippen molar-refractivity contribution in [2.45, 2.75) is 0 Å². The Bertz CT molecular complexity index is 478. The molecule has 0 aliphatic heterocycles. The molecule has 0 N–H and O–H groups in total. The van der Waals surface area contributed by atoms with Crippen molar-refractivity contribution in [3.8, 4) is 0 Å². The maximum atomic E-state index is 11.6. The third-order valence-electron chi connectivity index (χ3n) is 2.05. The number of aromatic nitrogens is 2. The van der Waals surface area contributed by atoms with Crippen LogP contribution in [0.1, 0.15) is 10.4 Å². The molecule has 5 heteroatoms. The Labute approximate surface area is 93.9 Å². The van der Waals surface area contributed by atoms with Crippen LogP contribution in [0.4, 0.5) is 0 Å². The zero-order chi connectivity index (χ0) is 10.1. The highest BCUT2D eigenvalue weighted by Gasteiger charge is 2.08. The third kappa shape index (κ3) is 2.10. The minimum atomic E-state index is -0.00417. The SMILES string of the molecule is CN(C)C(=O)c1ccn2ccnc2c1.Cl. The van der Waals surface area contributed by atoms with Crippen LogP contribution in [0, 0.1) is 0 Å². The number of carbonyl (C=O) groups is 1. The summed E-state index contributed by atoms with van der Waals surface area (Å²) in [6, 6.07) is 3.57. The fourth-order valence-electron chi connectivity index (χ4n) is 1.30. The van der Waals surface area contributed by atoms with Gasteiger partial charge in [0.05, 0.1) is 0 Å². The summed E-state index contributed by atoms with van der Waals surface area (Å²) < 4.78 is 1.87. The van der Waals surface area contributed by atoms with Gasteiger partial charge in [0.15, 0.2) is 0 Å². The molecule has 0 saturated carbocycles. The number of amides is 1. The zero-order valence-electron chi connectivity index (χ0n) is 8.54. The first kappa shape index (κ1) is 11.5. The largest absolute Gasteiger partial charge is 0.345 e. The Kier molecular flexibility index (Phi) is 3.31. The summed E-state index contributed by atoms with van der Waals surface area (Å²) in [6.07, 6.45) is 5.39. The Hall–Kier alpha value is -1.55. The topological polar surface area (TPSA) is 37.6 Å². The van der Waals surface area contributed by atoms with Gasteiger partial charge in [-0.15, -0.1) is 12.4 Å². The summed E-state index contributed by atoms with van der Waals surface area (Å²) in [7, 11) is 3.47. The molecule has 2 rings (SSSR count). The molecule has 0 atom stereocenters. The lowest BCUT2D eigenvalue weighted by atomic mass is 10.2. The van der Waals surface area contributed by atoms with E-state index in [9.17, 15) is 4.79 Å². The molecule has 2 heterocycles. The van der Waals surface area contributed by atoms with E-state index >= 15 is 0 Å². The van der Waals surface area contributed by atoms with Crippen molar-refractivity contribution >= 4 is 24.0 Å². The number of hydrogen-bond acceptors (Lipinski definition) is 2. The van der Waals surface area contributed by atoms with Crippen molar-refractivity contribution in [1.29, 1.82) is 0 Å². The normalized spacial score (nSPS) is 9.73. The number of rotatable bonds is 1. The van der Waals surface area contributed by atoms with Crippen molar-refractivity contribution in [2.24, 2.45) is 0 Å². The van der Waals surface area contributed by atoms with E-state index in [0.717, 1.165) is 5.65 Å². The Morgan fingerprint density at radius 1 is 1.40 bits per heavy atom. The first-order valence-corrected chi connectivity index (χ1v) is 4.33. The molecule has 80 valence electrons. The van der Waals surface area contributed by atoms with Gasteiger partial charge in [-0.25, -0.2) is 4.98 Å². The number of imidazole rings is 1. The molecule has 2 aromatic rings. The monoisotopic (exact) mass is 225 g/mol. The van der Waals surface area contributed by atoms with Gasteiger partial charge >= 0.3 is 0 Å². The second-order valence-corrected chi connectivity index (χ2v) is 3.31. The summed E-state index contributed by atoms with van der Waals surface area (Å²) >= 11 is 0. The van der Waals surface area contributed by atoms with E-state index in [-0.39, 0.29) is 18.3 Å². The molecule has 0 aliphatic carbocycles. The number of carbonyl (C=O) groups excluding carboxylic acids is 1. The van der Waals surface area contributed by atoms with Gasteiger partial charge in [-0.1, -0.05) is 0 Å². The minimum Gasteiger partial charge on any atom is -0.345 e. The summed E-state index contributed by atoms with van der Waals surface area (Å²) in [5.74, 6) is -0.00417. The predicted octanol–water partition coefficient (Wildman–Crippen LogP) is 1.46. The van der Waals surface area contributed by atoms with Crippen LogP contribution in [0.3, 0.4) is 0 Å². The van der Waals surface area contributed by atoms with Crippen molar-refractivity contribution in [3.05, 3.63) is 36.3 Å². The molecular formula is C10H12ClN3O. The molecule has 1 amide bonds. The summed E-state index contributed by atoms with van der Waals surface area (Å²) in [5.41, 5.74) is 1.45. The maximum absolute atomic E-state index is 11.6. The Balaban J connectivity index is 0.00000112. The van der Waals surface area contributed by atoms with Gasteiger partial charge in [0, 0.05) is 38.2 Å². The van der Waals surface area contributed by atoms with E-state index in [2.05, 4.69) is 4.98 Å². The molecule has 0 radical (unpaired) electrons. The number of hydrogen-bond donors (Lipinski definition) is 0. The van der Waals surface area contributed by atoms with E-state index in [0.29, 0.717) is 5.56 Å². The van der Waals surface area contributed by atoms with Crippen molar-refractivity contribution in [3.63, 3.8) is 0 Å². The standard InChI is InChI=1S/C10H11N3O.ClH/c1-12(2)10(14)8-3-5-13-6-4-11-9(13)7-8;/h3-7H,1-2H3;1H. The van der Waals surface area contributed by atoms with Crippen molar-refractivity contribution in [2.75, 3.05) is 14.1 Å². The second kappa shape index (κ2) is 4.31. The molecule has 0 bridgehead atoms. The molecule has 15 heavy (non-hydrogen) atoms. The van der Waals surface area contributed by atoms with E-state index in [4.69, 9.17) is 0 Å². The van der Waals surface area contributed by atoms with Crippen LogP contribution in [0.15, 0.2) is 30.7 Å². The van der Waals surface area contributed by atoms with Gasteiger partial charge in [-0.2, -0.15) is 0 Å². The highest BCUT2D eigenvalue weighted by molar-refractivity contribution is 5.94. The van der Waals surface area contributed by atoms with Gasteiger partial charge in [-0.3, -0.25) is 4.79 Å². The first-order valence-electron chi connectivity index (χ1n) is 4.33. The van der Waals surface area contributed by atoms with E-state index in [1.54, 1.807) is 37.3 Å². The summed E-state index contributed by atoms with van der Waals surface area (Å²) in [6.45, 7) is 0. The highest BCUT2D eigenvalue weighted by Crippen LogP contribution is 2.06. The first-order chi connectivity index (χ1) is 6.68. The maximum Gasteiger partial charge on any atom is 0.253 e. The van der Waals surface area contributed by atoms with Crippen LogP contribution in [-0.4, -0.2) is 34.3 Å². The van der Waals surface area contributed by atoms with Crippen molar-refractivity contribution < 1.29 is 4.79 Å². The zero-order valence-corrected chi connectivity index (χ0v) is 9.36. The molecule has 0 spiro atoms. The molecule has 0 aliphatic rings. The molecule has 0 unspecified atom stereocenters. The number of pyridine rings is 1. The minimum absolute atomic E-state index is 0.